The Kier molecular flexibility index (Phi) is 7.45. The fraction of sp³-hybridized carbons (Fsp3) is 0.360. The monoisotopic (exact) mass is 486 g/mol. The average Bonchev–Trinajstić information content (AvgIpc) is 3.52. The highest BCUT2D eigenvalue weighted by molar-refractivity contribution is 7.12. The molecule has 174 valence electrons. The number of thiophene rings is 2. The Morgan fingerprint density at radius 1 is 1.21 bits per heavy atom. The van der Waals surface area contributed by atoms with Gasteiger partial charge in [0, 0.05) is 23.5 Å². The minimum atomic E-state index is -0.364. The van der Waals surface area contributed by atoms with Crippen molar-refractivity contribution in [3.05, 3.63) is 74.4 Å². The highest BCUT2D eigenvalue weighted by Gasteiger charge is 2.34. The van der Waals surface area contributed by atoms with Crippen molar-refractivity contribution in [3.63, 3.8) is 0 Å². The lowest BCUT2D eigenvalue weighted by Crippen LogP contribution is -2.49. The topological polar surface area (TPSA) is 49.9 Å². The van der Waals surface area contributed by atoms with E-state index in [0.29, 0.717) is 17.2 Å². The molecule has 8 heteroatoms. The third kappa shape index (κ3) is 5.28. The summed E-state index contributed by atoms with van der Waals surface area (Å²) in [5.74, 6) is -0.158. The molecule has 1 aliphatic heterocycles. The third-order valence-electron chi connectivity index (χ3n) is 6.04. The highest BCUT2D eigenvalue weighted by atomic mass is 32.1. The van der Waals surface area contributed by atoms with Gasteiger partial charge < -0.3 is 14.5 Å². The van der Waals surface area contributed by atoms with Crippen molar-refractivity contribution >= 4 is 34.5 Å². The lowest BCUT2D eigenvalue weighted by atomic mass is 10.00. The van der Waals surface area contributed by atoms with Gasteiger partial charge in [-0.05, 0) is 60.4 Å². The smallest absolute Gasteiger partial charge is 0.264 e. The van der Waals surface area contributed by atoms with Crippen LogP contribution in [0.15, 0.2) is 53.2 Å². The molecule has 0 spiro atoms. The zero-order valence-electron chi connectivity index (χ0n) is 18.7. The molecule has 0 aliphatic carbocycles. The van der Waals surface area contributed by atoms with E-state index in [2.05, 4.69) is 0 Å². The van der Waals surface area contributed by atoms with Crippen LogP contribution in [0, 0.1) is 5.82 Å². The molecule has 4 rings (SSSR count). The number of fused-ring (bicyclic) bond motifs is 1. The van der Waals surface area contributed by atoms with Gasteiger partial charge in [0.05, 0.1) is 10.9 Å². The second-order valence-electron chi connectivity index (χ2n) is 8.09. The van der Waals surface area contributed by atoms with Crippen LogP contribution in [0.2, 0.25) is 0 Å². The number of halogens is 1. The zero-order valence-corrected chi connectivity index (χ0v) is 20.3. The summed E-state index contributed by atoms with van der Waals surface area (Å²) in [6.07, 6.45) is 1.53. The van der Waals surface area contributed by atoms with Crippen LogP contribution in [-0.4, -0.2) is 47.4 Å². The Bertz CT molecular complexity index is 1100. The van der Waals surface area contributed by atoms with Crippen LogP contribution in [0.4, 0.5) is 4.39 Å². The number of hydrogen-bond donors (Lipinski definition) is 0. The molecule has 0 saturated heterocycles. The number of carbonyl (C=O) groups is 2. The van der Waals surface area contributed by atoms with E-state index in [1.54, 1.807) is 34.4 Å². The van der Waals surface area contributed by atoms with Crippen molar-refractivity contribution in [2.24, 2.45) is 0 Å². The van der Waals surface area contributed by atoms with Gasteiger partial charge in [-0.15, -0.1) is 22.7 Å². The fourth-order valence-electron chi connectivity index (χ4n) is 4.03. The standard InChI is InChI=1S/C25H27FN2O3S2/c1-3-17(2)28(25(30)23-8-5-12-32-23)15-24(29)27-11-9-22-20(10-13-33-22)21(27)16-31-19-7-4-6-18(26)14-19/h4-8,10,12-14,17,21H,3,9,11,15-16H2,1-2H3/t17-,21-/m1/s1. The number of ether oxygens (including phenoxy) is 1. The number of carbonyl (C=O) groups excluding carboxylic acids is 2. The largest absolute Gasteiger partial charge is 0.491 e. The molecule has 33 heavy (non-hydrogen) atoms. The predicted molar refractivity (Wildman–Crippen MR) is 129 cm³/mol. The Labute approximate surface area is 201 Å². The summed E-state index contributed by atoms with van der Waals surface area (Å²) in [5, 5.41) is 3.89. The molecule has 2 amide bonds. The van der Waals surface area contributed by atoms with Gasteiger partial charge in [-0.1, -0.05) is 19.1 Å². The van der Waals surface area contributed by atoms with E-state index in [0.717, 1.165) is 18.4 Å². The molecule has 3 heterocycles. The third-order valence-corrected chi connectivity index (χ3v) is 7.89. The maximum absolute atomic E-state index is 13.6. The number of hydrogen-bond acceptors (Lipinski definition) is 5. The minimum Gasteiger partial charge on any atom is -0.491 e. The molecule has 5 nitrogen and oxygen atoms in total. The van der Waals surface area contributed by atoms with E-state index in [4.69, 9.17) is 4.74 Å². The van der Waals surface area contributed by atoms with Crippen molar-refractivity contribution in [1.82, 2.24) is 9.80 Å². The molecule has 0 radical (unpaired) electrons. The first kappa shape index (κ1) is 23.4. The molecule has 2 aromatic heterocycles. The Balaban J connectivity index is 1.54. The Hall–Kier alpha value is -2.71. The number of nitrogens with zero attached hydrogens (tertiary/aromatic N) is 2. The number of amides is 2. The van der Waals surface area contributed by atoms with Crippen LogP contribution >= 0.6 is 22.7 Å². The van der Waals surface area contributed by atoms with Crippen LogP contribution in [0.1, 0.15) is 46.4 Å². The van der Waals surface area contributed by atoms with Crippen LogP contribution in [0.25, 0.3) is 0 Å². The first-order valence-electron chi connectivity index (χ1n) is 11.1. The van der Waals surface area contributed by atoms with Crippen LogP contribution in [0.3, 0.4) is 0 Å². The van der Waals surface area contributed by atoms with Gasteiger partial charge in [-0.3, -0.25) is 9.59 Å². The summed E-state index contributed by atoms with van der Waals surface area (Å²) in [5.41, 5.74) is 1.07. The molecule has 0 fully saturated rings. The molecular weight excluding hydrogens is 459 g/mol. The van der Waals surface area contributed by atoms with E-state index < -0.39 is 0 Å². The minimum absolute atomic E-state index is 0.0156. The van der Waals surface area contributed by atoms with Gasteiger partial charge >= 0.3 is 0 Å². The van der Waals surface area contributed by atoms with Crippen molar-refractivity contribution in [2.45, 2.75) is 38.8 Å². The van der Waals surface area contributed by atoms with Gasteiger partial charge in [0.25, 0.3) is 5.91 Å². The Morgan fingerprint density at radius 3 is 2.79 bits per heavy atom. The predicted octanol–water partition coefficient (Wildman–Crippen LogP) is 5.39. The zero-order chi connectivity index (χ0) is 23.4. The molecule has 3 aromatic rings. The van der Waals surface area contributed by atoms with Crippen molar-refractivity contribution in [2.75, 3.05) is 19.7 Å². The fourth-order valence-corrected chi connectivity index (χ4v) is 5.64. The van der Waals surface area contributed by atoms with E-state index in [-0.39, 0.29) is 42.9 Å². The van der Waals surface area contributed by atoms with E-state index in [1.165, 1.54) is 28.3 Å². The van der Waals surface area contributed by atoms with Crippen LogP contribution in [0.5, 0.6) is 5.75 Å². The van der Waals surface area contributed by atoms with Gasteiger partial charge in [0.15, 0.2) is 0 Å². The second kappa shape index (κ2) is 10.5. The SMILES string of the molecule is CC[C@@H](C)N(CC(=O)N1CCc2sccc2[C@H]1COc1cccc(F)c1)C(=O)c1cccs1. The van der Waals surface area contributed by atoms with E-state index in [9.17, 15) is 14.0 Å². The summed E-state index contributed by atoms with van der Waals surface area (Å²) in [6, 6.07) is 11.3. The van der Waals surface area contributed by atoms with E-state index in [1.807, 2.05) is 41.6 Å². The normalized spacial score (nSPS) is 16.2. The average molecular weight is 487 g/mol. The molecule has 0 unspecified atom stereocenters. The molecule has 0 bridgehead atoms. The summed E-state index contributed by atoms with van der Waals surface area (Å²) in [4.78, 5) is 32.0. The van der Waals surface area contributed by atoms with Crippen molar-refractivity contribution in [1.29, 1.82) is 0 Å². The summed E-state index contributed by atoms with van der Waals surface area (Å²) in [7, 11) is 0. The quantitative estimate of drug-likeness (QED) is 0.429. The summed E-state index contributed by atoms with van der Waals surface area (Å²) >= 11 is 3.06. The van der Waals surface area contributed by atoms with Gasteiger partial charge in [0.1, 0.15) is 24.7 Å². The maximum atomic E-state index is 13.6. The first-order chi connectivity index (χ1) is 16.0. The van der Waals surface area contributed by atoms with Crippen molar-refractivity contribution in [3.8, 4) is 5.75 Å². The summed E-state index contributed by atoms with van der Waals surface area (Å²) < 4.78 is 19.5. The lowest BCUT2D eigenvalue weighted by Gasteiger charge is -2.38. The molecule has 2 atom stereocenters. The maximum Gasteiger partial charge on any atom is 0.264 e. The van der Waals surface area contributed by atoms with Crippen LogP contribution < -0.4 is 4.74 Å². The molecule has 0 N–H and O–H groups in total. The molecule has 1 aromatic carbocycles. The van der Waals surface area contributed by atoms with Gasteiger partial charge in [-0.25, -0.2) is 4.39 Å². The highest BCUT2D eigenvalue weighted by Crippen LogP contribution is 2.34. The van der Waals surface area contributed by atoms with Gasteiger partial charge in [0.2, 0.25) is 5.91 Å². The first-order valence-corrected chi connectivity index (χ1v) is 12.8. The molecule has 1 aliphatic rings. The van der Waals surface area contributed by atoms with Crippen LogP contribution in [-0.2, 0) is 11.2 Å². The van der Waals surface area contributed by atoms with Gasteiger partial charge in [-0.2, -0.15) is 0 Å². The number of benzene rings is 1. The molecular formula is C25H27FN2O3S2. The second-order valence-corrected chi connectivity index (χ2v) is 10.0. The lowest BCUT2D eigenvalue weighted by molar-refractivity contribution is -0.136. The van der Waals surface area contributed by atoms with Crippen molar-refractivity contribution < 1.29 is 18.7 Å². The van der Waals surface area contributed by atoms with E-state index >= 15 is 0 Å². The summed E-state index contributed by atoms with van der Waals surface area (Å²) in [6.45, 7) is 4.78. The Morgan fingerprint density at radius 2 is 2.06 bits per heavy atom. The molecule has 0 saturated carbocycles. The number of rotatable bonds is 8.